The first-order valence-corrected chi connectivity index (χ1v) is 5.85. The zero-order valence-electron chi connectivity index (χ0n) is 10.0. The molecule has 92 valence electrons. The number of nitrogens with zero attached hydrogens (tertiary/aromatic N) is 1. The summed E-state index contributed by atoms with van der Waals surface area (Å²) in [7, 11) is -0.936. The molecule has 0 saturated heterocycles. The number of fused-ring (bicyclic) bond motifs is 1. The van der Waals surface area contributed by atoms with E-state index in [1.165, 1.54) is 0 Å². The molecule has 0 saturated carbocycles. The van der Waals surface area contributed by atoms with Crippen LogP contribution in [0.3, 0.4) is 0 Å². The van der Waals surface area contributed by atoms with Crippen LogP contribution in [0, 0.1) is 6.57 Å². The maximum atomic E-state index is 9.78. The summed E-state index contributed by atoms with van der Waals surface area (Å²) in [5.41, 5.74) is 2.17. The quantitative estimate of drug-likeness (QED) is 0.657. The number of hydrogen-bond donors (Lipinski definition) is 1. The van der Waals surface area contributed by atoms with E-state index in [4.69, 9.17) is 16.0 Å². The Bertz CT molecular complexity index is 649. The minimum absolute atomic E-state index is 0.393. The fourth-order valence-electron chi connectivity index (χ4n) is 2.05. The Morgan fingerprint density at radius 3 is 2.74 bits per heavy atom. The van der Waals surface area contributed by atoms with Crippen LogP contribution in [0.25, 0.3) is 4.85 Å². The van der Waals surface area contributed by atoms with Crippen molar-refractivity contribution < 1.29 is 14.4 Å². The van der Waals surface area contributed by atoms with E-state index >= 15 is 0 Å². The highest BCUT2D eigenvalue weighted by atomic mass is 16.5. The molecule has 0 radical (unpaired) electrons. The second kappa shape index (κ2) is 4.77. The first-order chi connectivity index (χ1) is 9.28. The van der Waals surface area contributed by atoms with Gasteiger partial charge in [0.15, 0.2) is 5.69 Å². The molecule has 1 aliphatic rings. The van der Waals surface area contributed by atoms with Crippen molar-refractivity contribution in [2.24, 2.45) is 0 Å². The normalized spacial score (nSPS) is 12.9. The van der Waals surface area contributed by atoms with Gasteiger partial charge in [0.1, 0.15) is 11.5 Å². The molecule has 4 nitrogen and oxygen atoms in total. The summed E-state index contributed by atoms with van der Waals surface area (Å²) < 4.78 is 10.9. The van der Waals surface area contributed by atoms with Crippen LogP contribution in [0.5, 0.6) is 11.5 Å². The van der Waals surface area contributed by atoms with Gasteiger partial charge in [0.05, 0.1) is 13.2 Å². The first kappa shape index (κ1) is 11.8. The van der Waals surface area contributed by atoms with Crippen LogP contribution in [-0.2, 0) is 11.3 Å². The average molecular weight is 251 g/mol. The first-order valence-electron chi connectivity index (χ1n) is 5.85. The molecular weight excluding hydrogens is 241 g/mol. The monoisotopic (exact) mass is 251 g/mol. The van der Waals surface area contributed by atoms with E-state index in [0.29, 0.717) is 29.3 Å². The van der Waals surface area contributed by atoms with Crippen LogP contribution >= 0.6 is 0 Å². The van der Waals surface area contributed by atoms with E-state index in [9.17, 15) is 5.02 Å². The van der Waals surface area contributed by atoms with Gasteiger partial charge in [0.25, 0.3) is 0 Å². The van der Waals surface area contributed by atoms with Gasteiger partial charge in [-0.2, -0.15) is 0 Å². The van der Waals surface area contributed by atoms with Crippen LogP contribution < -0.4 is 10.2 Å². The Morgan fingerprint density at radius 1 is 1.21 bits per heavy atom. The molecule has 0 fully saturated rings. The van der Waals surface area contributed by atoms with Crippen LogP contribution in [0.15, 0.2) is 42.5 Å². The van der Waals surface area contributed by atoms with Gasteiger partial charge in [-0.15, -0.1) is 0 Å². The van der Waals surface area contributed by atoms with E-state index in [2.05, 4.69) is 4.85 Å². The smallest absolute Gasteiger partial charge is 0.458 e. The lowest BCUT2D eigenvalue weighted by molar-refractivity contribution is 0.275. The number of ether oxygens (including phenoxy) is 1. The molecule has 0 bridgehead atoms. The summed E-state index contributed by atoms with van der Waals surface area (Å²) in [6.07, 6.45) is 0. The topological polar surface area (TPSA) is 43.0 Å². The van der Waals surface area contributed by atoms with Crippen LogP contribution in [0.1, 0.15) is 5.56 Å². The largest absolute Gasteiger partial charge is 0.495 e. The highest BCUT2D eigenvalue weighted by Gasteiger charge is 2.31. The van der Waals surface area contributed by atoms with Crippen molar-refractivity contribution in [1.82, 2.24) is 0 Å². The molecule has 3 rings (SSSR count). The maximum absolute atomic E-state index is 9.78. The molecule has 0 atom stereocenters. The lowest BCUT2D eigenvalue weighted by Gasteiger charge is -2.10. The van der Waals surface area contributed by atoms with Crippen LogP contribution in [0.4, 0.5) is 5.69 Å². The van der Waals surface area contributed by atoms with Crippen molar-refractivity contribution in [2.45, 2.75) is 6.61 Å². The van der Waals surface area contributed by atoms with Gasteiger partial charge >= 0.3 is 7.12 Å². The van der Waals surface area contributed by atoms with Crippen LogP contribution in [0.2, 0.25) is 0 Å². The Labute approximate surface area is 111 Å². The Morgan fingerprint density at radius 2 is 2.00 bits per heavy atom. The fourth-order valence-corrected chi connectivity index (χ4v) is 2.05. The van der Waals surface area contributed by atoms with Gasteiger partial charge in [0, 0.05) is 5.46 Å². The standard InChI is InChI=1S/C14H10BNO3/c1-16-11-5-7-12(8-6-11)19-13-4-2-3-10-9-18-15(17)14(10)13/h2-8,17H,9H2. The minimum atomic E-state index is -0.936. The van der Waals surface area contributed by atoms with Crippen molar-refractivity contribution >= 4 is 18.3 Å². The van der Waals surface area contributed by atoms with Crippen molar-refractivity contribution in [1.29, 1.82) is 0 Å². The predicted molar refractivity (Wildman–Crippen MR) is 71.6 cm³/mol. The Kier molecular flexibility index (Phi) is 2.96. The van der Waals surface area contributed by atoms with Gasteiger partial charge in [-0.1, -0.05) is 24.3 Å². The molecular formula is C14H10BNO3. The van der Waals surface area contributed by atoms with Gasteiger partial charge in [-0.25, -0.2) is 4.85 Å². The van der Waals surface area contributed by atoms with Gasteiger partial charge < -0.3 is 14.4 Å². The molecule has 0 aliphatic carbocycles. The molecule has 1 heterocycles. The molecule has 0 unspecified atom stereocenters. The summed E-state index contributed by atoms with van der Waals surface area (Å²) in [4.78, 5) is 3.32. The van der Waals surface area contributed by atoms with E-state index in [-0.39, 0.29) is 0 Å². The summed E-state index contributed by atoms with van der Waals surface area (Å²) in [6.45, 7) is 7.29. The second-order valence-electron chi connectivity index (χ2n) is 4.20. The molecule has 1 aliphatic heterocycles. The molecule has 2 aromatic rings. The molecule has 0 amide bonds. The zero-order chi connectivity index (χ0) is 13.2. The lowest BCUT2D eigenvalue weighted by atomic mass is 9.79. The highest BCUT2D eigenvalue weighted by molar-refractivity contribution is 6.62. The number of hydrogen-bond acceptors (Lipinski definition) is 3. The number of benzene rings is 2. The zero-order valence-corrected chi connectivity index (χ0v) is 10.0. The number of rotatable bonds is 2. The lowest BCUT2D eigenvalue weighted by Crippen LogP contribution is -2.29. The summed E-state index contributed by atoms with van der Waals surface area (Å²) in [6, 6.07) is 12.4. The second-order valence-corrected chi connectivity index (χ2v) is 4.20. The summed E-state index contributed by atoms with van der Waals surface area (Å²) in [5.74, 6) is 1.21. The fraction of sp³-hybridized carbons (Fsp3) is 0.0714. The van der Waals surface area contributed by atoms with Gasteiger partial charge in [0.2, 0.25) is 0 Å². The van der Waals surface area contributed by atoms with E-state index < -0.39 is 7.12 Å². The van der Waals surface area contributed by atoms with E-state index in [1.54, 1.807) is 30.3 Å². The van der Waals surface area contributed by atoms with Crippen LogP contribution in [-0.4, -0.2) is 12.1 Å². The highest BCUT2D eigenvalue weighted by Crippen LogP contribution is 2.25. The van der Waals surface area contributed by atoms with Crippen molar-refractivity contribution in [3.63, 3.8) is 0 Å². The molecule has 0 spiro atoms. The summed E-state index contributed by atoms with van der Waals surface area (Å²) in [5, 5.41) is 9.78. The Balaban J connectivity index is 1.92. The summed E-state index contributed by atoms with van der Waals surface area (Å²) >= 11 is 0. The molecule has 2 aromatic carbocycles. The molecule has 0 aromatic heterocycles. The van der Waals surface area contributed by atoms with Gasteiger partial charge in [-0.3, -0.25) is 0 Å². The third kappa shape index (κ3) is 2.19. The molecule has 19 heavy (non-hydrogen) atoms. The van der Waals surface area contributed by atoms with Gasteiger partial charge in [-0.05, 0) is 23.8 Å². The molecule has 5 heteroatoms. The predicted octanol–water partition coefficient (Wildman–Crippen LogP) is 2.25. The minimum Gasteiger partial charge on any atom is -0.458 e. The van der Waals surface area contributed by atoms with Crippen molar-refractivity contribution in [3.8, 4) is 11.5 Å². The van der Waals surface area contributed by atoms with E-state index in [1.807, 2.05) is 12.1 Å². The average Bonchev–Trinajstić information content (AvgIpc) is 2.83. The Hall–Kier alpha value is -2.29. The maximum Gasteiger partial charge on any atom is 0.495 e. The molecule has 1 N–H and O–H groups in total. The third-order valence-electron chi connectivity index (χ3n) is 2.99. The third-order valence-corrected chi connectivity index (χ3v) is 2.99. The van der Waals surface area contributed by atoms with Crippen molar-refractivity contribution in [3.05, 3.63) is 59.4 Å². The van der Waals surface area contributed by atoms with E-state index in [0.717, 1.165) is 5.56 Å². The van der Waals surface area contributed by atoms with Crippen molar-refractivity contribution in [2.75, 3.05) is 0 Å². The SMILES string of the molecule is [C-]#[N+]c1ccc(Oc2cccc3c2B(O)OC3)cc1.